The summed E-state index contributed by atoms with van der Waals surface area (Å²) in [5.74, 6) is 0. The highest BCUT2D eigenvalue weighted by atomic mass is 35.5. The number of nitrogens with one attached hydrogen (secondary N) is 2. The molecular weight excluding hydrogens is 252 g/mol. The van der Waals surface area contributed by atoms with Crippen molar-refractivity contribution in [3.05, 3.63) is 34.9 Å². The molecule has 0 unspecified atom stereocenters. The van der Waals surface area contributed by atoms with E-state index in [1.165, 1.54) is 0 Å². The third kappa shape index (κ3) is 4.55. The van der Waals surface area contributed by atoms with Gasteiger partial charge in [0.2, 0.25) is 0 Å². The van der Waals surface area contributed by atoms with Gasteiger partial charge in [0.05, 0.1) is 6.61 Å². The zero-order valence-electron chi connectivity index (χ0n) is 10.7. The summed E-state index contributed by atoms with van der Waals surface area (Å²) in [6.45, 7) is 4.75. The largest absolute Gasteiger partial charge is 0.395 e. The van der Waals surface area contributed by atoms with Gasteiger partial charge >= 0.3 is 6.03 Å². The average molecular weight is 271 g/mol. The molecule has 0 aliphatic rings. The Morgan fingerprint density at radius 1 is 1.39 bits per heavy atom. The molecule has 0 radical (unpaired) electrons. The Balaban J connectivity index is 2.57. The van der Waals surface area contributed by atoms with Crippen molar-refractivity contribution < 1.29 is 9.90 Å². The highest BCUT2D eigenvalue weighted by Gasteiger charge is 2.21. The minimum Gasteiger partial charge on any atom is -0.395 e. The van der Waals surface area contributed by atoms with Gasteiger partial charge in [-0.05, 0) is 17.7 Å². The van der Waals surface area contributed by atoms with Crippen LogP contribution in [0.3, 0.4) is 0 Å². The van der Waals surface area contributed by atoms with E-state index >= 15 is 0 Å². The van der Waals surface area contributed by atoms with Crippen molar-refractivity contribution in [3.8, 4) is 0 Å². The first-order valence-electron chi connectivity index (χ1n) is 5.84. The second-order valence-electron chi connectivity index (χ2n) is 4.73. The molecule has 3 N–H and O–H groups in total. The normalized spacial score (nSPS) is 11.1. The zero-order chi connectivity index (χ0) is 13.6. The first kappa shape index (κ1) is 14.8. The minimum atomic E-state index is -0.279. The van der Waals surface area contributed by atoms with Gasteiger partial charge in [0.25, 0.3) is 0 Å². The average Bonchev–Trinajstić information content (AvgIpc) is 2.34. The number of carbonyl (C=O) groups excluding carboxylic acids is 1. The van der Waals surface area contributed by atoms with Crippen molar-refractivity contribution in [2.24, 2.45) is 0 Å². The number of halogens is 1. The van der Waals surface area contributed by atoms with Crippen LogP contribution in [0.5, 0.6) is 0 Å². The SMILES string of the molecule is CC(C)(CNC(=O)NCCO)c1cccc(Cl)c1. The summed E-state index contributed by atoms with van der Waals surface area (Å²) >= 11 is 5.95. The number of hydrogen-bond donors (Lipinski definition) is 3. The molecule has 0 saturated heterocycles. The standard InChI is InChI=1S/C13H19ClN2O2/c1-13(2,9-16-12(18)15-6-7-17)10-4-3-5-11(14)8-10/h3-5,8,17H,6-7,9H2,1-2H3,(H2,15,16,18). The summed E-state index contributed by atoms with van der Waals surface area (Å²) in [6.07, 6.45) is 0. The molecule has 1 aromatic carbocycles. The Labute approximate surface area is 112 Å². The van der Waals surface area contributed by atoms with Crippen LogP contribution in [0, 0.1) is 0 Å². The van der Waals surface area contributed by atoms with Crippen LogP contribution in [-0.4, -0.2) is 30.8 Å². The van der Waals surface area contributed by atoms with Crippen LogP contribution in [0.4, 0.5) is 4.79 Å². The molecule has 0 heterocycles. The molecule has 100 valence electrons. The van der Waals surface area contributed by atoms with Crippen molar-refractivity contribution >= 4 is 17.6 Å². The van der Waals surface area contributed by atoms with E-state index in [-0.39, 0.29) is 24.6 Å². The highest BCUT2D eigenvalue weighted by molar-refractivity contribution is 6.30. The molecule has 0 bridgehead atoms. The fraction of sp³-hybridized carbons (Fsp3) is 0.462. The van der Waals surface area contributed by atoms with E-state index < -0.39 is 0 Å². The second kappa shape index (κ2) is 6.61. The van der Waals surface area contributed by atoms with E-state index in [2.05, 4.69) is 10.6 Å². The number of benzene rings is 1. The number of aliphatic hydroxyl groups is 1. The molecule has 0 aliphatic carbocycles. The molecule has 5 heteroatoms. The number of urea groups is 1. The van der Waals surface area contributed by atoms with E-state index in [4.69, 9.17) is 16.7 Å². The highest BCUT2D eigenvalue weighted by Crippen LogP contribution is 2.24. The van der Waals surface area contributed by atoms with Gasteiger partial charge in [0, 0.05) is 23.5 Å². The molecule has 0 aromatic heterocycles. The van der Waals surface area contributed by atoms with E-state index in [1.54, 1.807) is 0 Å². The van der Waals surface area contributed by atoms with E-state index in [9.17, 15) is 4.79 Å². The first-order chi connectivity index (χ1) is 8.45. The van der Waals surface area contributed by atoms with Crippen molar-refractivity contribution in [2.75, 3.05) is 19.7 Å². The topological polar surface area (TPSA) is 61.4 Å². The van der Waals surface area contributed by atoms with Crippen molar-refractivity contribution in [1.82, 2.24) is 10.6 Å². The summed E-state index contributed by atoms with van der Waals surface area (Å²) in [4.78, 5) is 11.4. The Bertz CT molecular complexity index is 408. The molecular formula is C13H19ClN2O2. The molecule has 0 atom stereocenters. The van der Waals surface area contributed by atoms with E-state index in [1.807, 2.05) is 38.1 Å². The number of hydrogen-bond acceptors (Lipinski definition) is 2. The lowest BCUT2D eigenvalue weighted by Crippen LogP contribution is -2.43. The predicted molar refractivity (Wildman–Crippen MR) is 73.0 cm³/mol. The minimum absolute atomic E-state index is 0.0644. The third-order valence-corrected chi connectivity index (χ3v) is 2.93. The number of amides is 2. The lowest BCUT2D eigenvalue weighted by atomic mass is 9.85. The molecule has 0 spiro atoms. The van der Waals surface area contributed by atoms with Crippen molar-refractivity contribution in [3.63, 3.8) is 0 Å². The summed E-state index contributed by atoms with van der Waals surface area (Å²) < 4.78 is 0. The molecule has 0 aliphatic heterocycles. The third-order valence-electron chi connectivity index (χ3n) is 2.69. The van der Waals surface area contributed by atoms with Crippen LogP contribution in [-0.2, 0) is 5.41 Å². The zero-order valence-corrected chi connectivity index (χ0v) is 11.4. The van der Waals surface area contributed by atoms with Crippen LogP contribution in [0.25, 0.3) is 0 Å². The number of aliphatic hydroxyl groups excluding tert-OH is 1. The van der Waals surface area contributed by atoms with Gasteiger partial charge in [-0.3, -0.25) is 0 Å². The monoisotopic (exact) mass is 270 g/mol. The van der Waals surface area contributed by atoms with Crippen LogP contribution < -0.4 is 10.6 Å². The van der Waals surface area contributed by atoms with Crippen molar-refractivity contribution in [2.45, 2.75) is 19.3 Å². The summed E-state index contributed by atoms with van der Waals surface area (Å²) in [5, 5.41) is 14.6. The quantitative estimate of drug-likeness (QED) is 0.765. The van der Waals surface area contributed by atoms with Crippen molar-refractivity contribution in [1.29, 1.82) is 0 Å². The van der Waals surface area contributed by atoms with Crippen LogP contribution in [0.2, 0.25) is 5.02 Å². The maximum atomic E-state index is 11.4. The Morgan fingerprint density at radius 2 is 2.11 bits per heavy atom. The fourth-order valence-electron chi connectivity index (χ4n) is 1.54. The maximum absolute atomic E-state index is 11.4. The molecule has 2 amide bonds. The Morgan fingerprint density at radius 3 is 2.72 bits per heavy atom. The van der Waals surface area contributed by atoms with Gasteiger partial charge in [0.1, 0.15) is 0 Å². The van der Waals surface area contributed by atoms with Gasteiger partial charge in [-0.25, -0.2) is 4.79 Å². The number of rotatable bonds is 5. The Hall–Kier alpha value is -1.26. The molecule has 1 aromatic rings. The van der Waals surface area contributed by atoms with Gasteiger partial charge in [-0.1, -0.05) is 37.6 Å². The van der Waals surface area contributed by atoms with Gasteiger partial charge in [-0.15, -0.1) is 0 Å². The first-order valence-corrected chi connectivity index (χ1v) is 6.22. The lowest BCUT2D eigenvalue weighted by Gasteiger charge is -2.25. The van der Waals surface area contributed by atoms with Gasteiger partial charge in [0.15, 0.2) is 0 Å². The maximum Gasteiger partial charge on any atom is 0.314 e. The lowest BCUT2D eigenvalue weighted by molar-refractivity contribution is 0.232. The number of carbonyl (C=O) groups is 1. The predicted octanol–water partition coefficient (Wildman–Crippen LogP) is 1.91. The molecule has 4 nitrogen and oxygen atoms in total. The molecule has 0 saturated carbocycles. The second-order valence-corrected chi connectivity index (χ2v) is 5.16. The molecule has 0 fully saturated rings. The van der Waals surface area contributed by atoms with Crippen LogP contribution in [0.15, 0.2) is 24.3 Å². The fourth-order valence-corrected chi connectivity index (χ4v) is 1.73. The van der Waals surface area contributed by atoms with Crippen LogP contribution >= 0.6 is 11.6 Å². The smallest absolute Gasteiger partial charge is 0.314 e. The van der Waals surface area contributed by atoms with E-state index in [0.717, 1.165) is 5.56 Å². The summed E-state index contributed by atoms with van der Waals surface area (Å²) in [7, 11) is 0. The van der Waals surface area contributed by atoms with Crippen LogP contribution in [0.1, 0.15) is 19.4 Å². The van der Waals surface area contributed by atoms with E-state index in [0.29, 0.717) is 11.6 Å². The molecule has 18 heavy (non-hydrogen) atoms. The summed E-state index contributed by atoms with van der Waals surface area (Å²) in [6, 6.07) is 7.32. The summed E-state index contributed by atoms with van der Waals surface area (Å²) in [5.41, 5.74) is 0.860. The Kier molecular flexibility index (Phi) is 5.44. The van der Waals surface area contributed by atoms with Gasteiger partial charge < -0.3 is 15.7 Å². The molecule has 1 rings (SSSR count). The van der Waals surface area contributed by atoms with Gasteiger partial charge in [-0.2, -0.15) is 0 Å².